The molecule has 1 aliphatic rings. The molecule has 0 saturated heterocycles. The number of amides is 2. The number of hydrogen-bond donors (Lipinski definition) is 1. The number of hydrogen-bond acceptors (Lipinski definition) is 7. The fraction of sp³-hybridized carbons (Fsp3) is 0.348. The van der Waals surface area contributed by atoms with Crippen LogP contribution < -0.4 is 10.1 Å². The highest BCUT2D eigenvalue weighted by Crippen LogP contribution is 2.35. The fourth-order valence-electron chi connectivity index (χ4n) is 3.71. The van der Waals surface area contributed by atoms with Crippen LogP contribution in [-0.2, 0) is 17.8 Å². The Hall–Kier alpha value is -4.03. The molecule has 1 atom stereocenters. The topological polar surface area (TPSA) is 110 Å². The number of ether oxygens (including phenoxy) is 1. The molecule has 0 aromatic carbocycles. The lowest BCUT2D eigenvalue weighted by molar-refractivity contribution is -0.148. The van der Waals surface area contributed by atoms with Crippen LogP contribution >= 0.6 is 0 Å². The summed E-state index contributed by atoms with van der Waals surface area (Å²) in [6.45, 7) is 1.93. The van der Waals surface area contributed by atoms with Gasteiger partial charge in [-0.2, -0.15) is 8.78 Å². The van der Waals surface area contributed by atoms with Gasteiger partial charge in [0.2, 0.25) is 11.8 Å². The molecule has 1 N–H and O–H groups in total. The molecule has 3 aromatic rings. The number of aryl methyl sites for hydroxylation is 1. The number of alkyl halides is 4. The molecule has 0 fully saturated rings. The van der Waals surface area contributed by atoms with Crippen LogP contribution in [0.2, 0.25) is 0 Å². The van der Waals surface area contributed by atoms with Crippen LogP contribution in [0.5, 0.6) is 5.88 Å². The van der Waals surface area contributed by atoms with Crippen LogP contribution in [0.15, 0.2) is 41.5 Å². The summed E-state index contributed by atoms with van der Waals surface area (Å²) in [7, 11) is 0. The van der Waals surface area contributed by atoms with E-state index in [0.717, 1.165) is 0 Å². The molecule has 1 unspecified atom stereocenters. The molecule has 9 nitrogen and oxygen atoms in total. The molecule has 0 bridgehead atoms. The molecule has 190 valence electrons. The third-order valence-electron chi connectivity index (χ3n) is 5.67. The number of carbonyl (C=O) groups excluding carboxylic acids is 2. The first kappa shape index (κ1) is 25.1. The first-order chi connectivity index (χ1) is 17.1. The van der Waals surface area contributed by atoms with Gasteiger partial charge >= 0.3 is 12.3 Å². The summed E-state index contributed by atoms with van der Waals surface area (Å²) in [5.74, 6) is -4.57. The van der Waals surface area contributed by atoms with E-state index < -0.39 is 25.0 Å². The van der Waals surface area contributed by atoms with Crippen molar-refractivity contribution in [2.75, 3.05) is 11.9 Å². The van der Waals surface area contributed by atoms with Crippen molar-refractivity contribution in [1.29, 1.82) is 0 Å². The minimum Gasteiger partial charge on any atom is -0.471 e. The lowest BCUT2D eigenvalue weighted by Gasteiger charge is -2.25. The average Bonchev–Trinajstić information content (AvgIpc) is 3.46. The highest BCUT2D eigenvalue weighted by molar-refractivity contribution is 6.01. The van der Waals surface area contributed by atoms with Crippen molar-refractivity contribution in [3.8, 4) is 5.88 Å². The summed E-state index contributed by atoms with van der Waals surface area (Å²) in [4.78, 5) is 38.9. The van der Waals surface area contributed by atoms with Crippen molar-refractivity contribution in [3.05, 3.63) is 65.1 Å². The zero-order valence-corrected chi connectivity index (χ0v) is 19.2. The van der Waals surface area contributed by atoms with Crippen LogP contribution in [0.3, 0.4) is 0 Å². The third-order valence-corrected chi connectivity index (χ3v) is 5.67. The van der Waals surface area contributed by atoms with Gasteiger partial charge in [0.05, 0.1) is 25.2 Å². The van der Waals surface area contributed by atoms with E-state index >= 15 is 0 Å². The van der Waals surface area contributed by atoms with Gasteiger partial charge in [0.1, 0.15) is 11.6 Å². The predicted molar refractivity (Wildman–Crippen MR) is 117 cm³/mol. The maximum Gasteiger partial charge on any atom is 0.340 e. The Morgan fingerprint density at radius 2 is 2.08 bits per heavy atom. The van der Waals surface area contributed by atoms with Gasteiger partial charge in [0, 0.05) is 29.1 Å². The number of anilines is 1. The second-order valence-corrected chi connectivity index (χ2v) is 8.23. The van der Waals surface area contributed by atoms with Crippen LogP contribution in [0.1, 0.15) is 45.8 Å². The second-order valence-electron chi connectivity index (χ2n) is 8.23. The van der Waals surface area contributed by atoms with Crippen molar-refractivity contribution >= 4 is 17.6 Å². The number of halogens is 4. The second kappa shape index (κ2) is 9.91. The summed E-state index contributed by atoms with van der Waals surface area (Å²) < 4.78 is 60.9. The lowest BCUT2D eigenvalue weighted by Crippen LogP contribution is -2.34. The number of nitrogens with zero attached hydrogens (tertiary/aromatic N) is 4. The zero-order chi connectivity index (χ0) is 26.0. The maximum absolute atomic E-state index is 13.2. The number of oxazole rings is 1. The first-order valence-electron chi connectivity index (χ1n) is 10.8. The monoisotopic (exact) mass is 507 g/mol. The average molecular weight is 507 g/mol. The molecule has 0 spiro atoms. The van der Waals surface area contributed by atoms with Crippen LogP contribution in [-0.4, -0.2) is 50.6 Å². The minimum absolute atomic E-state index is 0.0535. The number of aromatic nitrogens is 3. The van der Waals surface area contributed by atoms with E-state index in [-0.39, 0.29) is 36.5 Å². The standard InChI is InChI=1S/C23H21F4N5O4/c1-12-5-14(7-30-20(12)35-10-23(26,27)22(24)25)13(2)32-9-17-16(21(32)34)3-4-29-19(17)31-18(33)6-15-8-28-11-36-15/h3-5,7-8,11,13,22H,6,9-10H2,1-2H3,(H,29,31,33). The van der Waals surface area contributed by atoms with Gasteiger partial charge in [-0.1, -0.05) is 0 Å². The van der Waals surface area contributed by atoms with Gasteiger partial charge in [0.15, 0.2) is 13.0 Å². The Morgan fingerprint density at radius 1 is 1.31 bits per heavy atom. The molecule has 3 aromatic heterocycles. The van der Waals surface area contributed by atoms with Gasteiger partial charge in [0.25, 0.3) is 5.91 Å². The Morgan fingerprint density at radius 3 is 2.75 bits per heavy atom. The summed E-state index contributed by atoms with van der Waals surface area (Å²) in [6.07, 6.45) is 1.48. The maximum atomic E-state index is 13.2. The van der Waals surface area contributed by atoms with E-state index in [1.807, 2.05) is 0 Å². The van der Waals surface area contributed by atoms with E-state index in [9.17, 15) is 27.2 Å². The molecule has 1 aliphatic heterocycles. The number of pyridine rings is 2. The lowest BCUT2D eigenvalue weighted by atomic mass is 10.1. The largest absolute Gasteiger partial charge is 0.471 e. The molecular formula is C23H21F4N5O4. The van der Waals surface area contributed by atoms with Crippen molar-refractivity contribution in [2.24, 2.45) is 0 Å². The summed E-state index contributed by atoms with van der Waals surface area (Å²) in [5.41, 5.74) is 1.84. The Balaban J connectivity index is 1.47. The van der Waals surface area contributed by atoms with Gasteiger partial charge < -0.3 is 19.4 Å². The van der Waals surface area contributed by atoms with Crippen LogP contribution in [0, 0.1) is 6.92 Å². The van der Waals surface area contributed by atoms with Crippen molar-refractivity contribution in [2.45, 2.75) is 45.2 Å². The smallest absolute Gasteiger partial charge is 0.340 e. The quantitative estimate of drug-likeness (QED) is 0.437. The van der Waals surface area contributed by atoms with E-state index in [0.29, 0.717) is 28.0 Å². The highest BCUT2D eigenvalue weighted by Gasteiger charge is 2.42. The predicted octanol–water partition coefficient (Wildman–Crippen LogP) is 3.95. The summed E-state index contributed by atoms with van der Waals surface area (Å²) >= 11 is 0. The van der Waals surface area contributed by atoms with Crippen LogP contribution in [0.25, 0.3) is 0 Å². The molecule has 0 saturated carbocycles. The zero-order valence-electron chi connectivity index (χ0n) is 19.2. The highest BCUT2D eigenvalue weighted by atomic mass is 19.3. The number of nitrogens with one attached hydrogen (secondary N) is 1. The Labute approximate surface area is 202 Å². The van der Waals surface area contributed by atoms with E-state index in [1.165, 1.54) is 31.9 Å². The minimum atomic E-state index is -4.30. The van der Waals surface area contributed by atoms with Crippen molar-refractivity contribution in [3.63, 3.8) is 0 Å². The number of rotatable bonds is 9. The first-order valence-corrected chi connectivity index (χ1v) is 10.8. The normalized spacial score (nSPS) is 14.2. The van der Waals surface area contributed by atoms with Crippen molar-refractivity contribution in [1.82, 2.24) is 19.9 Å². The van der Waals surface area contributed by atoms with Gasteiger partial charge in [-0.3, -0.25) is 9.59 Å². The van der Waals surface area contributed by atoms with Crippen LogP contribution in [0.4, 0.5) is 23.4 Å². The van der Waals surface area contributed by atoms with Gasteiger partial charge in [-0.25, -0.2) is 23.7 Å². The van der Waals surface area contributed by atoms with E-state index in [2.05, 4.69) is 20.3 Å². The molecule has 36 heavy (non-hydrogen) atoms. The molecule has 4 rings (SSSR count). The summed E-state index contributed by atoms with van der Waals surface area (Å²) in [5, 5.41) is 2.69. The number of fused-ring (bicyclic) bond motifs is 1. The van der Waals surface area contributed by atoms with Gasteiger partial charge in [-0.05, 0) is 31.5 Å². The Kier molecular flexibility index (Phi) is 6.91. The Bertz CT molecular complexity index is 1270. The SMILES string of the molecule is Cc1cc(C(C)N2Cc3c(ccnc3NC(=O)Cc3cnco3)C2=O)cnc1OCC(F)(F)C(F)F. The van der Waals surface area contributed by atoms with E-state index in [1.54, 1.807) is 24.0 Å². The molecule has 0 radical (unpaired) electrons. The van der Waals surface area contributed by atoms with E-state index in [4.69, 9.17) is 9.15 Å². The molecule has 2 amide bonds. The summed E-state index contributed by atoms with van der Waals surface area (Å²) in [6, 6.07) is 2.65. The van der Waals surface area contributed by atoms with Gasteiger partial charge in [-0.15, -0.1) is 0 Å². The number of carbonyl (C=O) groups is 2. The van der Waals surface area contributed by atoms with Crippen molar-refractivity contribution < 1.29 is 36.3 Å². The molecule has 13 heteroatoms. The molecule has 4 heterocycles. The molecular weight excluding hydrogens is 486 g/mol. The third kappa shape index (κ3) is 5.14. The fourth-order valence-corrected chi connectivity index (χ4v) is 3.71. The molecule has 0 aliphatic carbocycles.